The zero-order valence-electron chi connectivity index (χ0n) is 9.05. The predicted octanol–water partition coefficient (Wildman–Crippen LogP) is 2.07. The van der Waals surface area contributed by atoms with E-state index in [1.165, 1.54) is 6.07 Å². The van der Waals surface area contributed by atoms with E-state index < -0.39 is 11.0 Å². The van der Waals surface area contributed by atoms with Crippen molar-refractivity contribution in [2.24, 2.45) is 0 Å². The van der Waals surface area contributed by atoms with Crippen LogP contribution in [0, 0.1) is 10.1 Å². The van der Waals surface area contributed by atoms with Gasteiger partial charge in [-0.05, 0) is 19.1 Å². The summed E-state index contributed by atoms with van der Waals surface area (Å²) in [5, 5.41) is 20.2. The van der Waals surface area contributed by atoms with E-state index in [0.29, 0.717) is 12.2 Å². The summed E-state index contributed by atoms with van der Waals surface area (Å²) >= 11 is 5.77. The molecule has 1 atom stereocenters. The van der Waals surface area contributed by atoms with Crippen LogP contribution in [-0.4, -0.2) is 29.7 Å². The van der Waals surface area contributed by atoms with Crippen LogP contribution in [0.4, 0.5) is 11.4 Å². The highest BCUT2D eigenvalue weighted by Gasteiger charge is 2.21. The fourth-order valence-corrected chi connectivity index (χ4v) is 1.73. The molecule has 1 rings (SSSR count). The van der Waals surface area contributed by atoms with Crippen LogP contribution in [0.15, 0.2) is 18.2 Å². The van der Waals surface area contributed by atoms with Crippen LogP contribution in [0.5, 0.6) is 0 Å². The topological polar surface area (TPSA) is 66.6 Å². The molecule has 0 aromatic heterocycles. The number of anilines is 1. The van der Waals surface area contributed by atoms with Crippen LogP contribution in [0.1, 0.15) is 6.92 Å². The normalized spacial score (nSPS) is 12.2. The van der Waals surface area contributed by atoms with Crippen molar-refractivity contribution in [1.29, 1.82) is 0 Å². The van der Waals surface area contributed by atoms with E-state index >= 15 is 0 Å². The number of aliphatic hydroxyl groups excluding tert-OH is 1. The first-order valence-electron chi connectivity index (χ1n) is 4.75. The van der Waals surface area contributed by atoms with Gasteiger partial charge in [0.1, 0.15) is 10.7 Å². The number of nitrogens with zero attached hydrogens (tertiary/aromatic N) is 2. The summed E-state index contributed by atoms with van der Waals surface area (Å²) < 4.78 is 0. The van der Waals surface area contributed by atoms with Gasteiger partial charge >= 0.3 is 5.69 Å². The molecule has 0 aliphatic carbocycles. The largest absolute Gasteiger partial charge is 0.392 e. The van der Waals surface area contributed by atoms with Gasteiger partial charge in [0.2, 0.25) is 0 Å². The van der Waals surface area contributed by atoms with E-state index in [1.54, 1.807) is 31.0 Å². The highest BCUT2D eigenvalue weighted by molar-refractivity contribution is 6.33. The molecule has 5 nitrogen and oxygen atoms in total. The molecule has 0 aliphatic heterocycles. The Hall–Kier alpha value is -1.33. The average molecular weight is 245 g/mol. The number of para-hydroxylation sites is 1. The van der Waals surface area contributed by atoms with Crippen LogP contribution in [0.3, 0.4) is 0 Å². The number of rotatable bonds is 4. The number of nitro groups is 1. The summed E-state index contributed by atoms with van der Waals surface area (Å²) in [7, 11) is 1.67. The zero-order chi connectivity index (χ0) is 12.3. The van der Waals surface area contributed by atoms with Crippen LogP contribution < -0.4 is 4.90 Å². The summed E-state index contributed by atoms with van der Waals surface area (Å²) in [5.41, 5.74) is 0.269. The third-order valence-electron chi connectivity index (χ3n) is 2.10. The Morgan fingerprint density at radius 2 is 2.25 bits per heavy atom. The van der Waals surface area contributed by atoms with Crippen molar-refractivity contribution in [1.82, 2.24) is 0 Å². The molecule has 0 spiro atoms. The fraction of sp³-hybridized carbons (Fsp3) is 0.400. The molecular formula is C10H13ClN2O3. The molecule has 0 fully saturated rings. The quantitative estimate of drug-likeness (QED) is 0.650. The van der Waals surface area contributed by atoms with Crippen molar-refractivity contribution in [3.63, 3.8) is 0 Å². The summed E-state index contributed by atoms with van der Waals surface area (Å²) in [6, 6.07) is 4.72. The molecule has 0 heterocycles. The number of hydrogen-bond acceptors (Lipinski definition) is 4. The maximum atomic E-state index is 10.9. The lowest BCUT2D eigenvalue weighted by Gasteiger charge is -2.20. The third-order valence-corrected chi connectivity index (χ3v) is 2.40. The zero-order valence-corrected chi connectivity index (χ0v) is 9.81. The summed E-state index contributed by atoms with van der Waals surface area (Å²) in [6.07, 6.45) is -0.566. The second kappa shape index (κ2) is 5.14. The second-order valence-electron chi connectivity index (χ2n) is 3.59. The summed E-state index contributed by atoms with van der Waals surface area (Å²) in [6.45, 7) is 1.92. The van der Waals surface area contributed by atoms with E-state index in [0.717, 1.165) is 0 Å². The molecule has 0 bridgehead atoms. The first-order valence-corrected chi connectivity index (χ1v) is 5.13. The molecule has 0 radical (unpaired) electrons. The van der Waals surface area contributed by atoms with Gasteiger partial charge in [0.05, 0.1) is 11.0 Å². The molecule has 1 aromatic carbocycles. The van der Waals surface area contributed by atoms with Crippen LogP contribution >= 0.6 is 11.6 Å². The van der Waals surface area contributed by atoms with E-state index in [2.05, 4.69) is 0 Å². The smallest absolute Gasteiger partial charge is 0.310 e. The van der Waals surface area contributed by atoms with Crippen LogP contribution in [0.25, 0.3) is 0 Å². The van der Waals surface area contributed by atoms with Crippen molar-refractivity contribution >= 4 is 23.0 Å². The Bertz CT molecular complexity index is 396. The van der Waals surface area contributed by atoms with Gasteiger partial charge in [-0.3, -0.25) is 10.1 Å². The Morgan fingerprint density at radius 3 is 2.75 bits per heavy atom. The molecule has 1 N–H and O–H groups in total. The molecule has 1 aromatic rings. The van der Waals surface area contributed by atoms with Gasteiger partial charge in [-0.1, -0.05) is 17.7 Å². The number of halogens is 1. The number of aliphatic hydroxyl groups is 1. The third kappa shape index (κ3) is 2.84. The molecule has 6 heteroatoms. The summed E-state index contributed by atoms with van der Waals surface area (Å²) in [5.74, 6) is 0. The standard InChI is InChI=1S/C10H13ClN2O3/c1-7(14)6-12(2)9-5-3-4-8(11)10(9)13(15)16/h3-5,7,14H,6H2,1-2H3. The first kappa shape index (κ1) is 12.7. The molecule has 16 heavy (non-hydrogen) atoms. The van der Waals surface area contributed by atoms with E-state index in [9.17, 15) is 15.2 Å². The monoisotopic (exact) mass is 244 g/mol. The van der Waals surface area contributed by atoms with Gasteiger partial charge in [-0.15, -0.1) is 0 Å². The fourth-order valence-electron chi connectivity index (χ4n) is 1.49. The van der Waals surface area contributed by atoms with E-state index in [-0.39, 0.29) is 10.7 Å². The maximum Gasteiger partial charge on any atom is 0.310 e. The Labute approximate surface area is 98.4 Å². The minimum atomic E-state index is -0.566. The SMILES string of the molecule is CC(O)CN(C)c1cccc(Cl)c1[N+](=O)[O-]. The van der Waals surface area contributed by atoms with Gasteiger partial charge in [0.25, 0.3) is 0 Å². The van der Waals surface area contributed by atoms with Crippen molar-refractivity contribution in [2.75, 3.05) is 18.5 Å². The molecular weight excluding hydrogens is 232 g/mol. The highest BCUT2D eigenvalue weighted by Crippen LogP contribution is 2.34. The van der Waals surface area contributed by atoms with Crippen LogP contribution in [0.2, 0.25) is 5.02 Å². The van der Waals surface area contributed by atoms with Gasteiger partial charge in [-0.25, -0.2) is 0 Å². The Balaban J connectivity index is 3.12. The lowest BCUT2D eigenvalue weighted by Crippen LogP contribution is -2.27. The van der Waals surface area contributed by atoms with Crippen molar-refractivity contribution in [2.45, 2.75) is 13.0 Å². The van der Waals surface area contributed by atoms with Gasteiger partial charge in [-0.2, -0.15) is 0 Å². The van der Waals surface area contributed by atoms with E-state index in [1.807, 2.05) is 0 Å². The molecule has 0 saturated carbocycles. The average Bonchev–Trinajstić information content (AvgIpc) is 2.15. The predicted molar refractivity (Wildman–Crippen MR) is 63.1 cm³/mol. The molecule has 0 aliphatic rings. The second-order valence-corrected chi connectivity index (χ2v) is 4.00. The summed E-state index contributed by atoms with van der Waals surface area (Å²) in [4.78, 5) is 12.0. The molecule has 1 unspecified atom stereocenters. The first-order chi connectivity index (χ1) is 7.43. The number of hydrogen-bond donors (Lipinski definition) is 1. The lowest BCUT2D eigenvalue weighted by atomic mass is 10.2. The number of nitro benzene ring substituents is 1. The van der Waals surface area contributed by atoms with Crippen LogP contribution in [-0.2, 0) is 0 Å². The van der Waals surface area contributed by atoms with Crippen molar-refractivity contribution in [3.8, 4) is 0 Å². The molecule has 0 saturated heterocycles. The van der Waals surface area contributed by atoms with Gasteiger partial charge in [0.15, 0.2) is 0 Å². The maximum absolute atomic E-state index is 10.9. The lowest BCUT2D eigenvalue weighted by molar-refractivity contribution is -0.384. The molecule has 88 valence electrons. The number of benzene rings is 1. The van der Waals surface area contributed by atoms with Crippen molar-refractivity contribution < 1.29 is 10.0 Å². The van der Waals surface area contributed by atoms with Gasteiger partial charge in [0, 0.05) is 13.6 Å². The molecule has 0 amide bonds. The minimum absolute atomic E-state index is 0.0972. The highest BCUT2D eigenvalue weighted by atomic mass is 35.5. The van der Waals surface area contributed by atoms with Crippen molar-refractivity contribution in [3.05, 3.63) is 33.3 Å². The van der Waals surface area contributed by atoms with Gasteiger partial charge < -0.3 is 10.0 Å². The number of likely N-dealkylation sites (N-methyl/N-ethyl adjacent to an activating group) is 1. The van der Waals surface area contributed by atoms with E-state index in [4.69, 9.17) is 11.6 Å². The minimum Gasteiger partial charge on any atom is -0.392 e. The Kier molecular flexibility index (Phi) is 4.09. The Morgan fingerprint density at radius 1 is 1.62 bits per heavy atom.